The zero-order valence-electron chi connectivity index (χ0n) is 10.7. The summed E-state index contributed by atoms with van der Waals surface area (Å²) in [6.45, 7) is 0.613. The Morgan fingerprint density at radius 1 is 1.42 bits per heavy atom. The maximum absolute atomic E-state index is 11.7. The number of aliphatic hydroxyl groups is 1. The molecule has 0 radical (unpaired) electrons. The van der Waals surface area contributed by atoms with Crippen molar-refractivity contribution in [3.05, 3.63) is 20.8 Å². The first kappa shape index (κ1) is 14.8. The van der Waals surface area contributed by atoms with Gasteiger partial charge in [-0.3, -0.25) is 0 Å². The third kappa shape index (κ3) is 4.78. The van der Waals surface area contributed by atoms with Gasteiger partial charge < -0.3 is 15.7 Å². The van der Waals surface area contributed by atoms with E-state index in [1.807, 2.05) is 6.07 Å². The number of hydrogen-bond donors (Lipinski definition) is 3. The second-order valence-electron chi connectivity index (χ2n) is 4.81. The Hall–Kier alpha value is -0.590. The Morgan fingerprint density at radius 2 is 2.21 bits per heavy atom. The van der Waals surface area contributed by atoms with Crippen molar-refractivity contribution in [1.29, 1.82) is 0 Å². The minimum Gasteiger partial charge on any atom is -0.391 e. The molecule has 0 saturated heterocycles. The van der Waals surface area contributed by atoms with Crippen LogP contribution >= 0.6 is 27.3 Å². The molecule has 1 fully saturated rings. The molecular formula is C13H19BrN2O2S. The SMILES string of the molecule is O=C(NCCc1ccc(Br)s1)NC1CCCCC1O. The van der Waals surface area contributed by atoms with Crippen LogP contribution in [0.5, 0.6) is 0 Å². The van der Waals surface area contributed by atoms with Crippen LogP contribution in [0.15, 0.2) is 15.9 Å². The van der Waals surface area contributed by atoms with Crippen LogP contribution < -0.4 is 10.6 Å². The van der Waals surface area contributed by atoms with Gasteiger partial charge in [-0.05, 0) is 47.3 Å². The fraction of sp³-hybridized carbons (Fsp3) is 0.615. The van der Waals surface area contributed by atoms with E-state index in [0.717, 1.165) is 35.9 Å². The Morgan fingerprint density at radius 3 is 2.89 bits per heavy atom. The van der Waals surface area contributed by atoms with Gasteiger partial charge in [0.15, 0.2) is 0 Å². The summed E-state index contributed by atoms with van der Waals surface area (Å²) in [4.78, 5) is 13.0. The average Bonchev–Trinajstić information content (AvgIpc) is 2.78. The Kier molecular flexibility index (Phi) is 5.66. The third-order valence-electron chi connectivity index (χ3n) is 3.33. The molecule has 2 unspecified atom stereocenters. The average molecular weight is 347 g/mol. The van der Waals surface area contributed by atoms with E-state index in [9.17, 15) is 9.90 Å². The van der Waals surface area contributed by atoms with Gasteiger partial charge in [0.2, 0.25) is 0 Å². The number of rotatable bonds is 4. The summed E-state index contributed by atoms with van der Waals surface area (Å²) < 4.78 is 1.11. The molecule has 0 aliphatic heterocycles. The largest absolute Gasteiger partial charge is 0.391 e. The van der Waals surface area contributed by atoms with Gasteiger partial charge in [0, 0.05) is 11.4 Å². The monoisotopic (exact) mass is 346 g/mol. The van der Waals surface area contributed by atoms with E-state index in [-0.39, 0.29) is 12.1 Å². The summed E-state index contributed by atoms with van der Waals surface area (Å²) in [7, 11) is 0. The molecule has 106 valence electrons. The molecule has 1 aromatic rings. The predicted molar refractivity (Wildman–Crippen MR) is 80.5 cm³/mol. The molecule has 19 heavy (non-hydrogen) atoms. The molecule has 4 nitrogen and oxygen atoms in total. The standard InChI is InChI=1S/C13H19BrN2O2S/c14-12-6-5-9(19-12)7-8-15-13(18)16-10-3-1-2-4-11(10)17/h5-6,10-11,17H,1-4,7-8H2,(H2,15,16,18). The quantitative estimate of drug-likeness (QED) is 0.784. The van der Waals surface area contributed by atoms with Crippen LogP contribution in [0.3, 0.4) is 0 Å². The number of amides is 2. The number of carbonyl (C=O) groups is 1. The number of thiophene rings is 1. The van der Waals surface area contributed by atoms with Crippen molar-refractivity contribution in [2.45, 2.75) is 44.2 Å². The van der Waals surface area contributed by atoms with E-state index in [2.05, 4.69) is 32.6 Å². The van der Waals surface area contributed by atoms with E-state index in [1.165, 1.54) is 4.88 Å². The summed E-state index contributed by atoms with van der Waals surface area (Å²) in [6, 6.07) is 3.80. The lowest BCUT2D eigenvalue weighted by atomic mass is 9.93. The molecule has 1 aromatic heterocycles. The highest BCUT2D eigenvalue weighted by Gasteiger charge is 2.24. The molecule has 2 rings (SSSR count). The zero-order valence-corrected chi connectivity index (χ0v) is 13.1. The first-order valence-corrected chi connectivity index (χ1v) is 8.23. The lowest BCUT2D eigenvalue weighted by Gasteiger charge is -2.28. The molecule has 6 heteroatoms. The van der Waals surface area contributed by atoms with Crippen LogP contribution in [0, 0.1) is 0 Å². The Bertz CT molecular complexity index is 425. The molecule has 1 heterocycles. The van der Waals surface area contributed by atoms with Crippen molar-refractivity contribution in [3.63, 3.8) is 0 Å². The maximum atomic E-state index is 11.7. The van der Waals surface area contributed by atoms with E-state index < -0.39 is 6.10 Å². The van der Waals surface area contributed by atoms with Gasteiger partial charge in [-0.1, -0.05) is 12.8 Å². The highest BCUT2D eigenvalue weighted by molar-refractivity contribution is 9.11. The topological polar surface area (TPSA) is 61.4 Å². The van der Waals surface area contributed by atoms with Gasteiger partial charge in [0.05, 0.1) is 15.9 Å². The second kappa shape index (κ2) is 7.26. The summed E-state index contributed by atoms with van der Waals surface area (Å²) in [6.07, 6.45) is 4.21. The number of carbonyl (C=O) groups excluding carboxylic acids is 1. The van der Waals surface area contributed by atoms with Crippen LogP contribution in [0.25, 0.3) is 0 Å². The number of hydrogen-bond acceptors (Lipinski definition) is 3. The molecule has 3 N–H and O–H groups in total. The minimum atomic E-state index is -0.396. The number of urea groups is 1. The summed E-state index contributed by atoms with van der Waals surface area (Å²) >= 11 is 5.10. The van der Waals surface area contributed by atoms with Gasteiger partial charge in [0.25, 0.3) is 0 Å². The fourth-order valence-electron chi connectivity index (χ4n) is 2.28. The van der Waals surface area contributed by atoms with Gasteiger partial charge in [0.1, 0.15) is 0 Å². The van der Waals surface area contributed by atoms with Crippen molar-refractivity contribution >= 4 is 33.3 Å². The minimum absolute atomic E-state index is 0.0929. The van der Waals surface area contributed by atoms with Crippen molar-refractivity contribution in [2.24, 2.45) is 0 Å². The number of nitrogens with one attached hydrogen (secondary N) is 2. The Labute approximate surface area is 125 Å². The molecule has 1 aliphatic rings. The lowest BCUT2D eigenvalue weighted by Crippen LogP contribution is -2.49. The van der Waals surface area contributed by atoms with Gasteiger partial charge in [-0.25, -0.2) is 4.79 Å². The van der Waals surface area contributed by atoms with Crippen molar-refractivity contribution < 1.29 is 9.90 Å². The van der Waals surface area contributed by atoms with Crippen LogP contribution in [0.4, 0.5) is 4.79 Å². The van der Waals surface area contributed by atoms with E-state index in [4.69, 9.17) is 0 Å². The summed E-state index contributed by atoms with van der Waals surface area (Å²) in [5.74, 6) is 0. The number of aliphatic hydroxyl groups excluding tert-OH is 1. The van der Waals surface area contributed by atoms with Crippen LogP contribution in [-0.2, 0) is 6.42 Å². The molecule has 2 amide bonds. The van der Waals surface area contributed by atoms with Crippen LogP contribution in [0.1, 0.15) is 30.6 Å². The van der Waals surface area contributed by atoms with Crippen molar-refractivity contribution in [1.82, 2.24) is 10.6 Å². The van der Waals surface area contributed by atoms with E-state index in [1.54, 1.807) is 11.3 Å². The molecule has 0 bridgehead atoms. The summed E-state index contributed by atoms with van der Waals surface area (Å²) in [5.41, 5.74) is 0. The van der Waals surface area contributed by atoms with E-state index >= 15 is 0 Å². The highest BCUT2D eigenvalue weighted by atomic mass is 79.9. The van der Waals surface area contributed by atoms with Gasteiger partial charge >= 0.3 is 6.03 Å². The fourth-order valence-corrected chi connectivity index (χ4v) is 3.77. The van der Waals surface area contributed by atoms with Crippen LogP contribution in [-0.4, -0.2) is 29.8 Å². The molecule has 1 saturated carbocycles. The Balaban J connectivity index is 1.66. The maximum Gasteiger partial charge on any atom is 0.315 e. The zero-order chi connectivity index (χ0) is 13.7. The molecule has 1 aliphatic carbocycles. The first-order chi connectivity index (χ1) is 9.15. The van der Waals surface area contributed by atoms with Crippen LogP contribution in [0.2, 0.25) is 0 Å². The first-order valence-electron chi connectivity index (χ1n) is 6.62. The lowest BCUT2D eigenvalue weighted by molar-refractivity contribution is 0.0943. The molecule has 0 aromatic carbocycles. The highest BCUT2D eigenvalue weighted by Crippen LogP contribution is 2.22. The number of halogens is 1. The summed E-state index contributed by atoms with van der Waals surface area (Å²) in [5, 5.41) is 15.5. The van der Waals surface area contributed by atoms with Crippen molar-refractivity contribution in [2.75, 3.05) is 6.54 Å². The normalized spacial score (nSPS) is 23.1. The smallest absolute Gasteiger partial charge is 0.315 e. The third-order valence-corrected chi connectivity index (χ3v) is 5.02. The second-order valence-corrected chi connectivity index (χ2v) is 7.36. The molecule has 0 spiro atoms. The van der Waals surface area contributed by atoms with Crippen molar-refractivity contribution in [3.8, 4) is 0 Å². The van der Waals surface area contributed by atoms with Gasteiger partial charge in [-0.15, -0.1) is 11.3 Å². The molecule has 2 atom stereocenters. The molecular weight excluding hydrogens is 328 g/mol. The predicted octanol–water partition coefficient (Wildman–Crippen LogP) is 2.66. The van der Waals surface area contributed by atoms with E-state index in [0.29, 0.717) is 6.54 Å². The van der Waals surface area contributed by atoms with Gasteiger partial charge in [-0.2, -0.15) is 0 Å².